The Morgan fingerprint density at radius 1 is 0.290 bits per heavy atom. The highest BCUT2D eigenvalue weighted by atomic mass is 16.5. The molecule has 0 aromatic heterocycles. The average Bonchev–Trinajstić information content (AvgIpc) is 3.54. The van der Waals surface area contributed by atoms with Crippen molar-refractivity contribution < 1.29 is 4.74 Å². The molecule has 0 atom stereocenters. The van der Waals surface area contributed by atoms with Crippen LogP contribution in [0.2, 0.25) is 0 Å². The molecule has 2 aliphatic rings. The summed E-state index contributed by atoms with van der Waals surface area (Å²) in [5.41, 5.74) is 22.5. The summed E-state index contributed by atoms with van der Waals surface area (Å²) in [6, 6.07) is 90.4. The van der Waals surface area contributed by atoms with Crippen molar-refractivity contribution in [1.29, 1.82) is 0 Å². The minimum absolute atomic E-state index is 0.110. The lowest BCUT2D eigenvalue weighted by Gasteiger charge is -2.28. The first-order valence-corrected chi connectivity index (χ1v) is 23.9. The SMILES string of the molecule is CC1(C)c2ccccc2-c2ccc(N(c3ccc(-c4ccccc4)cc3)c3ccc(-c4ccc(-c5cccc6c5-c5cccc(-c7ccccc7)c5-c5cc7ccccc7cc5O6)cc4)cc3)cc21. The Bertz CT molecular complexity index is 3740. The maximum Gasteiger partial charge on any atom is 0.135 e. The molecule has 0 saturated carbocycles. The normalized spacial score (nSPS) is 12.7. The van der Waals surface area contributed by atoms with E-state index in [0.717, 1.165) is 72.9 Å². The monoisotopic (exact) mass is 881 g/mol. The third-order valence-corrected chi connectivity index (χ3v) is 14.5. The third kappa shape index (κ3) is 6.87. The fourth-order valence-corrected chi connectivity index (χ4v) is 11.0. The molecular formula is C67H47NO. The van der Waals surface area contributed by atoms with E-state index in [1.54, 1.807) is 0 Å². The van der Waals surface area contributed by atoms with Gasteiger partial charge in [0.2, 0.25) is 0 Å². The molecule has 69 heavy (non-hydrogen) atoms. The first kappa shape index (κ1) is 40.5. The van der Waals surface area contributed by atoms with Gasteiger partial charge in [-0.25, -0.2) is 0 Å². The van der Waals surface area contributed by atoms with Crippen LogP contribution in [0.5, 0.6) is 11.5 Å². The molecule has 0 N–H and O–H groups in total. The molecule has 11 aromatic carbocycles. The van der Waals surface area contributed by atoms with Gasteiger partial charge in [-0.3, -0.25) is 0 Å². The molecule has 326 valence electrons. The van der Waals surface area contributed by atoms with E-state index < -0.39 is 0 Å². The zero-order valence-corrected chi connectivity index (χ0v) is 38.5. The summed E-state index contributed by atoms with van der Waals surface area (Å²) < 4.78 is 7.00. The van der Waals surface area contributed by atoms with Crippen LogP contribution in [-0.4, -0.2) is 0 Å². The fraction of sp³-hybridized carbons (Fsp3) is 0.0448. The van der Waals surface area contributed by atoms with Crippen LogP contribution in [0, 0.1) is 0 Å². The van der Waals surface area contributed by atoms with Crippen LogP contribution >= 0.6 is 0 Å². The Labute approximate surface area is 404 Å². The molecule has 0 amide bonds. The van der Waals surface area contributed by atoms with Gasteiger partial charge in [0.1, 0.15) is 11.5 Å². The first-order chi connectivity index (χ1) is 34.0. The minimum Gasteiger partial charge on any atom is -0.456 e. The van der Waals surface area contributed by atoms with Crippen molar-refractivity contribution >= 4 is 27.8 Å². The van der Waals surface area contributed by atoms with Crippen LogP contribution in [-0.2, 0) is 5.41 Å². The van der Waals surface area contributed by atoms with Gasteiger partial charge in [0.05, 0.1) is 0 Å². The smallest absolute Gasteiger partial charge is 0.135 e. The Morgan fingerprint density at radius 3 is 1.43 bits per heavy atom. The largest absolute Gasteiger partial charge is 0.456 e. The molecule has 0 unspecified atom stereocenters. The fourth-order valence-electron chi connectivity index (χ4n) is 11.0. The number of benzene rings is 11. The molecule has 11 aromatic rings. The summed E-state index contributed by atoms with van der Waals surface area (Å²) in [5, 5.41) is 2.34. The summed E-state index contributed by atoms with van der Waals surface area (Å²) in [6.07, 6.45) is 0. The van der Waals surface area contributed by atoms with Gasteiger partial charge in [-0.2, -0.15) is 0 Å². The lowest BCUT2D eigenvalue weighted by atomic mass is 9.82. The van der Waals surface area contributed by atoms with Crippen LogP contribution in [0.15, 0.2) is 249 Å². The van der Waals surface area contributed by atoms with E-state index in [2.05, 4.69) is 267 Å². The maximum atomic E-state index is 7.00. The molecule has 2 heteroatoms. The summed E-state index contributed by atoms with van der Waals surface area (Å²) >= 11 is 0. The Morgan fingerprint density at radius 2 is 0.754 bits per heavy atom. The van der Waals surface area contributed by atoms with Crippen LogP contribution in [0.25, 0.3) is 88.7 Å². The third-order valence-electron chi connectivity index (χ3n) is 14.5. The van der Waals surface area contributed by atoms with Crippen LogP contribution in [0.1, 0.15) is 25.0 Å². The van der Waals surface area contributed by atoms with Gasteiger partial charge in [0.15, 0.2) is 0 Å². The molecule has 1 aliphatic carbocycles. The van der Waals surface area contributed by atoms with Gasteiger partial charge >= 0.3 is 0 Å². The molecule has 0 spiro atoms. The molecule has 0 fully saturated rings. The summed E-state index contributed by atoms with van der Waals surface area (Å²) in [4.78, 5) is 2.39. The Kier molecular flexibility index (Phi) is 9.55. The molecule has 1 aliphatic heterocycles. The second-order valence-electron chi connectivity index (χ2n) is 18.8. The highest BCUT2D eigenvalue weighted by Crippen LogP contribution is 2.54. The molecule has 2 nitrogen and oxygen atoms in total. The van der Waals surface area contributed by atoms with Crippen molar-refractivity contribution in [2.45, 2.75) is 19.3 Å². The van der Waals surface area contributed by atoms with E-state index in [1.165, 1.54) is 55.5 Å². The van der Waals surface area contributed by atoms with E-state index in [4.69, 9.17) is 4.74 Å². The first-order valence-electron chi connectivity index (χ1n) is 23.9. The zero-order chi connectivity index (χ0) is 46.1. The van der Waals surface area contributed by atoms with E-state index in [9.17, 15) is 0 Å². The summed E-state index contributed by atoms with van der Waals surface area (Å²) in [6.45, 7) is 4.70. The lowest BCUT2D eigenvalue weighted by molar-refractivity contribution is 0.488. The number of hydrogen-bond acceptors (Lipinski definition) is 2. The number of fused-ring (bicyclic) bond motifs is 9. The average molecular weight is 882 g/mol. The van der Waals surface area contributed by atoms with E-state index in [-0.39, 0.29) is 5.41 Å². The second kappa shape index (κ2) is 16.3. The second-order valence-corrected chi connectivity index (χ2v) is 18.8. The Balaban J connectivity index is 0.874. The van der Waals surface area contributed by atoms with Gasteiger partial charge in [-0.15, -0.1) is 0 Å². The van der Waals surface area contributed by atoms with Crippen molar-refractivity contribution in [3.05, 3.63) is 260 Å². The van der Waals surface area contributed by atoms with Gasteiger partial charge < -0.3 is 9.64 Å². The predicted octanol–water partition coefficient (Wildman–Crippen LogP) is 18.7. The molecule has 0 radical (unpaired) electrons. The van der Waals surface area contributed by atoms with E-state index in [0.29, 0.717) is 0 Å². The number of nitrogens with zero attached hydrogens (tertiary/aromatic N) is 1. The number of rotatable bonds is 7. The molecule has 1 heterocycles. The van der Waals surface area contributed by atoms with Crippen LogP contribution in [0.4, 0.5) is 17.1 Å². The lowest BCUT2D eigenvalue weighted by Crippen LogP contribution is -2.16. The minimum atomic E-state index is -0.110. The van der Waals surface area contributed by atoms with Crippen molar-refractivity contribution in [2.24, 2.45) is 0 Å². The predicted molar refractivity (Wildman–Crippen MR) is 289 cm³/mol. The van der Waals surface area contributed by atoms with Crippen molar-refractivity contribution in [3.63, 3.8) is 0 Å². The van der Waals surface area contributed by atoms with E-state index >= 15 is 0 Å². The Hall–Kier alpha value is -8.72. The van der Waals surface area contributed by atoms with Crippen molar-refractivity contribution in [2.75, 3.05) is 4.90 Å². The molecule has 13 rings (SSSR count). The number of ether oxygens (including phenoxy) is 1. The highest BCUT2D eigenvalue weighted by Gasteiger charge is 2.36. The highest BCUT2D eigenvalue weighted by molar-refractivity contribution is 6.05. The zero-order valence-electron chi connectivity index (χ0n) is 38.5. The summed E-state index contributed by atoms with van der Waals surface area (Å²) in [5.74, 6) is 1.71. The van der Waals surface area contributed by atoms with E-state index in [1.807, 2.05) is 0 Å². The van der Waals surface area contributed by atoms with Gasteiger partial charge in [0, 0.05) is 39.2 Å². The van der Waals surface area contributed by atoms with Gasteiger partial charge in [-0.1, -0.05) is 208 Å². The van der Waals surface area contributed by atoms with Crippen LogP contribution < -0.4 is 9.64 Å². The van der Waals surface area contributed by atoms with Crippen molar-refractivity contribution in [3.8, 4) is 89.4 Å². The van der Waals surface area contributed by atoms with Crippen molar-refractivity contribution in [1.82, 2.24) is 0 Å². The van der Waals surface area contributed by atoms with Gasteiger partial charge in [0.25, 0.3) is 0 Å². The quantitative estimate of drug-likeness (QED) is 0.158. The van der Waals surface area contributed by atoms with Gasteiger partial charge in [-0.05, 0) is 138 Å². The standard InChI is InChI=1S/C67H47NO/c1-67(2)61-25-12-11-21-57(61)58-40-39-54(43-62(58)67)68(52-35-31-46(32-36-52)44-15-5-3-6-16-44)53-37-33-47(34-38-53)45-27-29-49(30-28-45)56-23-14-26-63-66(56)59-24-13-22-55(48-17-7-4-8-18-48)65(59)60-41-50-19-9-10-20-51(50)42-64(60)69-63/h3-43H,1-2H3. The van der Waals surface area contributed by atoms with Crippen LogP contribution in [0.3, 0.4) is 0 Å². The molecular weight excluding hydrogens is 835 g/mol. The topological polar surface area (TPSA) is 12.5 Å². The molecule has 0 saturated heterocycles. The number of hydrogen-bond donors (Lipinski definition) is 0. The molecule has 0 bridgehead atoms. The summed E-state index contributed by atoms with van der Waals surface area (Å²) in [7, 11) is 0. The number of anilines is 3. The maximum absolute atomic E-state index is 7.00.